The second-order valence-electron chi connectivity index (χ2n) is 7.03. The van der Waals surface area contributed by atoms with Gasteiger partial charge in [0.1, 0.15) is 0 Å². The van der Waals surface area contributed by atoms with Gasteiger partial charge >= 0.3 is 6.03 Å². The number of aromatic nitrogens is 1. The zero-order chi connectivity index (χ0) is 16.8. The second kappa shape index (κ2) is 8.44. The molecule has 6 heteroatoms. The molecule has 0 bridgehead atoms. The van der Waals surface area contributed by atoms with E-state index in [0.29, 0.717) is 0 Å². The number of likely N-dealkylation sites (tertiary alicyclic amines) is 1. The average molecular weight is 331 g/mol. The van der Waals surface area contributed by atoms with Gasteiger partial charge in [-0.05, 0) is 51.0 Å². The maximum absolute atomic E-state index is 12.6. The summed E-state index contributed by atoms with van der Waals surface area (Å²) in [6, 6.07) is 4.46. The zero-order valence-electron chi connectivity index (χ0n) is 14.7. The van der Waals surface area contributed by atoms with E-state index in [1.807, 2.05) is 17.2 Å². The number of likely N-dealkylation sites (N-methyl/N-ethyl adjacent to an activating group) is 1. The van der Waals surface area contributed by atoms with Crippen LogP contribution in [0.4, 0.5) is 4.79 Å². The van der Waals surface area contributed by atoms with Gasteiger partial charge in [-0.1, -0.05) is 6.07 Å². The Hall–Kier alpha value is -1.66. The molecule has 0 aromatic carbocycles. The molecule has 6 nitrogen and oxygen atoms in total. The fraction of sp³-hybridized carbons (Fsp3) is 0.667. The normalized spacial score (nSPS) is 23.7. The number of nitrogens with one attached hydrogen (secondary N) is 1. The summed E-state index contributed by atoms with van der Waals surface area (Å²) in [5.41, 5.74) is 1.24. The molecule has 1 aromatic rings. The molecule has 2 aliphatic rings. The number of nitrogens with zero attached hydrogens (tertiary/aromatic N) is 4. The number of hydrogen-bond donors (Lipinski definition) is 1. The maximum atomic E-state index is 12.6. The van der Waals surface area contributed by atoms with E-state index in [0.717, 1.165) is 65.1 Å². The first kappa shape index (κ1) is 17.2. The quantitative estimate of drug-likeness (QED) is 0.909. The van der Waals surface area contributed by atoms with E-state index in [-0.39, 0.29) is 12.1 Å². The summed E-state index contributed by atoms with van der Waals surface area (Å²) in [4.78, 5) is 23.4. The molecule has 0 aliphatic carbocycles. The Morgan fingerprint density at radius 3 is 3.00 bits per heavy atom. The Labute approximate surface area is 144 Å². The minimum absolute atomic E-state index is 0.110. The molecule has 0 radical (unpaired) electrons. The van der Waals surface area contributed by atoms with E-state index in [1.165, 1.54) is 5.56 Å². The van der Waals surface area contributed by atoms with Crippen molar-refractivity contribution in [1.29, 1.82) is 0 Å². The van der Waals surface area contributed by atoms with Gasteiger partial charge in [0, 0.05) is 51.2 Å². The van der Waals surface area contributed by atoms with Crippen LogP contribution < -0.4 is 5.32 Å². The van der Waals surface area contributed by atoms with E-state index in [2.05, 4.69) is 33.2 Å². The predicted octanol–water partition coefficient (Wildman–Crippen LogP) is 1.39. The Kier molecular flexibility index (Phi) is 6.04. The van der Waals surface area contributed by atoms with Gasteiger partial charge in [0.25, 0.3) is 0 Å². The molecule has 2 aliphatic heterocycles. The van der Waals surface area contributed by atoms with Crippen molar-refractivity contribution >= 4 is 6.03 Å². The largest absolute Gasteiger partial charge is 0.334 e. The summed E-state index contributed by atoms with van der Waals surface area (Å²) in [7, 11) is 2.12. The number of pyridine rings is 1. The van der Waals surface area contributed by atoms with E-state index in [9.17, 15) is 4.79 Å². The van der Waals surface area contributed by atoms with E-state index in [4.69, 9.17) is 0 Å². The third-order valence-corrected chi connectivity index (χ3v) is 4.97. The molecule has 24 heavy (non-hydrogen) atoms. The Morgan fingerprint density at radius 1 is 1.25 bits per heavy atom. The minimum atomic E-state index is 0.110. The zero-order valence-corrected chi connectivity index (χ0v) is 14.7. The predicted molar refractivity (Wildman–Crippen MR) is 94.8 cm³/mol. The summed E-state index contributed by atoms with van der Waals surface area (Å²) in [5.74, 6) is 0. The SMILES string of the molecule is CN1CCCN(C(=O)N[C@H]2CCCN(Cc3cccnc3)C2)CC1. The van der Waals surface area contributed by atoms with Crippen LogP contribution >= 0.6 is 0 Å². The molecule has 3 rings (SSSR count). The maximum Gasteiger partial charge on any atom is 0.317 e. The summed E-state index contributed by atoms with van der Waals surface area (Å²) in [6.07, 6.45) is 7.00. The lowest BCUT2D eigenvalue weighted by Crippen LogP contribution is -2.51. The lowest BCUT2D eigenvalue weighted by atomic mass is 10.1. The average Bonchev–Trinajstić information content (AvgIpc) is 2.81. The lowest BCUT2D eigenvalue weighted by Gasteiger charge is -2.34. The molecule has 132 valence electrons. The van der Waals surface area contributed by atoms with Crippen molar-refractivity contribution in [1.82, 2.24) is 25.0 Å². The van der Waals surface area contributed by atoms with Gasteiger partial charge in [0.05, 0.1) is 0 Å². The monoisotopic (exact) mass is 331 g/mol. The Bertz CT molecular complexity index is 523. The first-order valence-electron chi connectivity index (χ1n) is 9.06. The van der Waals surface area contributed by atoms with Gasteiger partial charge in [-0.15, -0.1) is 0 Å². The highest BCUT2D eigenvalue weighted by molar-refractivity contribution is 5.74. The van der Waals surface area contributed by atoms with Crippen LogP contribution in [0.1, 0.15) is 24.8 Å². The molecule has 3 heterocycles. The van der Waals surface area contributed by atoms with Crippen LogP contribution in [0.2, 0.25) is 0 Å². The molecule has 1 aromatic heterocycles. The summed E-state index contributed by atoms with van der Waals surface area (Å²) < 4.78 is 0. The first-order chi connectivity index (χ1) is 11.7. The molecule has 2 saturated heterocycles. The number of hydrogen-bond acceptors (Lipinski definition) is 4. The molecule has 1 atom stereocenters. The number of carbonyl (C=O) groups is 1. The summed E-state index contributed by atoms with van der Waals surface area (Å²) >= 11 is 0. The van der Waals surface area contributed by atoms with Gasteiger partial charge in [-0.2, -0.15) is 0 Å². The second-order valence-corrected chi connectivity index (χ2v) is 7.03. The summed E-state index contributed by atoms with van der Waals surface area (Å²) in [6.45, 7) is 6.66. The van der Waals surface area contributed by atoms with E-state index >= 15 is 0 Å². The minimum Gasteiger partial charge on any atom is -0.334 e. The van der Waals surface area contributed by atoms with E-state index in [1.54, 1.807) is 6.20 Å². The van der Waals surface area contributed by atoms with Crippen molar-refractivity contribution in [3.8, 4) is 0 Å². The molecule has 2 amide bonds. The molecule has 0 unspecified atom stereocenters. The highest BCUT2D eigenvalue weighted by Crippen LogP contribution is 2.14. The Morgan fingerprint density at radius 2 is 2.17 bits per heavy atom. The third kappa shape index (κ3) is 4.92. The Balaban J connectivity index is 1.48. The highest BCUT2D eigenvalue weighted by Gasteiger charge is 2.24. The van der Waals surface area contributed by atoms with Crippen molar-refractivity contribution in [2.24, 2.45) is 0 Å². The van der Waals surface area contributed by atoms with Crippen LogP contribution in [0.3, 0.4) is 0 Å². The topological polar surface area (TPSA) is 51.7 Å². The van der Waals surface area contributed by atoms with Crippen LogP contribution in [0.15, 0.2) is 24.5 Å². The molecular weight excluding hydrogens is 302 g/mol. The van der Waals surface area contributed by atoms with Crippen LogP contribution in [0, 0.1) is 0 Å². The molecule has 1 N–H and O–H groups in total. The fourth-order valence-corrected chi connectivity index (χ4v) is 3.58. The number of carbonyl (C=O) groups excluding carboxylic acids is 1. The first-order valence-corrected chi connectivity index (χ1v) is 9.06. The van der Waals surface area contributed by atoms with Crippen LogP contribution in [-0.4, -0.2) is 78.1 Å². The third-order valence-electron chi connectivity index (χ3n) is 4.97. The van der Waals surface area contributed by atoms with Gasteiger partial charge in [-0.25, -0.2) is 4.79 Å². The number of amides is 2. The van der Waals surface area contributed by atoms with Gasteiger partial charge in [0.2, 0.25) is 0 Å². The number of urea groups is 1. The van der Waals surface area contributed by atoms with Crippen LogP contribution in [0.25, 0.3) is 0 Å². The van der Waals surface area contributed by atoms with E-state index < -0.39 is 0 Å². The number of piperidine rings is 1. The van der Waals surface area contributed by atoms with Crippen molar-refractivity contribution < 1.29 is 4.79 Å². The van der Waals surface area contributed by atoms with Crippen LogP contribution in [0.5, 0.6) is 0 Å². The van der Waals surface area contributed by atoms with Crippen molar-refractivity contribution in [2.45, 2.75) is 31.8 Å². The number of rotatable bonds is 3. The van der Waals surface area contributed by atoms with Crippen molar-refractivity contribution in [3.63, 3.8) is 0 Å². The smallest absolute Gasteiger partial charge is 0.317 e. The van der Waals surface area contributed by atoms with Gasteiger partial charge in [0.15, 0.2) is 0 Å². The molecular formula is C18H29N5O. The molecule has 0 saturated carbocycles. The summed E-state index contributed by atoms with van der Waals surface area (Å²) in [5, 5.41) is 3.26. The van der Waals surface area contributed by atoms with Gasteiger partial charge in [-0.3, -0.25) is 9.88 Å². The van der Waals surface area contributed by atoms with Crippen LogP contribution in [-0.2, 0) is 6.54 Å². The fourth-order valence-electron chi connectivity index (χ4n) is 3.58. The highest BCUT2D eigenvalue weighted by atomic mass is 16.2. The van der Waals surface area contributed by atoms with Gasteiger partial charge < -0.3 is 15.1 Å². The molecule has 0 spiro atoms. The lowest BCUT2D eigenvalue weighted by molar-refractivity contribution is 0.164. The standard InChI is InChI=1S/C18H29N5O/c1-21-8-4-10-23(12-11-21)18(24)20-17-6-3-9-22(15-17)14-16-5-2-7-19-13-16/h2,5,7,13,17H,3-4,6,8-12,14-15H2,1H3,(H,20,24)/t17-/m0/s1. The molecule has 2 fully saturated rings. The van der Waals surface area contributed by atoms with Crippen molar-refractivity contribution in [3.05, 3.63) is 30.1 Å². The van der Waals surface area contributed by atoms with Crippen molar-refractivity contribution in [2.75, 3.05) is 46.3 Å².